The Morgan fingerprint density at radius 2 is 1.68 bits per heavy atom. The summed E-state index contributed by atoms with van der Waals surface area (Å²) in [5.41, 5.74) is 4.00. The molecule has 4 rings (SSSR count). The van der Waals surface area contributed by atoms with Gasteiger partial charge in [0.25, 0.3) is 11.8 Å². The summed E-state index contributed by atoms with van der Waals surface area (Å²) in [6.45, 7) is 8.11. The zero-order valence-corrected chi connectivity index (χ0v) is 22.0. The number of aryl methyl sites for hydroxylation is 1. The summed E-state index contributed by atoms with van der Waals surface area (Å²) in [5, 5.41) is 9.46. The molecule has 7 nitrogen and oxygen atoms in total. The van der Waals surface area contributed by atoms with E-state index in [2.05, 4.69) is 36.7 Å². The quantitative estimate of drug-likeness (QED) is 0.266. The van der Waals surface area contributed by atoms with Crippen molar-refractivity contribution >= 4 is 51.5 Å². The molecule has 8 heteroatoms. The zero-order valence-electron chi connectivity index (χ0n) is 21.2. The second kappa shape index (κ2) is 10.8. The number of carbonyl (C=O) groups excluding carboxylic acids is 2. The molecule has 0 unspecified atom stereocenters. The van der Waals surface area contributed by atoms with Crippen LogP contribution in [0.5, 0.6) is 5.75 Å². The van der Waals surface area contributed by atoms with E-state index in [1.807, 2.05) is 61.5 Å². The molecule has 0 spiro atoms. The minimum atomic E-state index is -0.371. The number of para-hydroxylation sites is 1. The van der Waals surface area contributed by atoms with E-state index in [1.165, 1.54) is 5.56 Å². The lowest BCUT2D eigenvalue weighted by atomic mass is 9.87. The molecule has 0 aliphatic heterocycles. The van der Waals surface area contributed by atoms with Crippen molar-refractivity contribution in [3.8, 4) is 5.75 Å². The number of fused-ring (bicyclic) bond motifs is 1. The van der Waals surface area contributed by atoms with Crippen molar-refractivity contribution < 1.29 is 18.7 Å². The zero-order chi connectivity index (χ0) is 26.6. The van der Waals surface area contributed by atoms with Crippen LogP contribution in [0.25, 0.3) is 11.0 Å². The van der Waals surface area contributed by atoms with Gasteiger partial charge >= 0.3 is 0 Å². The van der Waals surface area contributed by atoms with Gasteiger partial charge in [-0.2, -0.15) is 0 Å². The number of carbonyl (C=O) groups is 2. The molecular formula is C29H29N3O4S. The van der Waals surface area contributed by atoms with Crippen LogP contribution in [0.1, 0.15) is 42.5 Å². The SMILES string of the molecule is Cc1cc(NC(=S)NC(=O)COc2ccc(C(C)(C)C)cc2)ccc1NC(=O)c1cc2ccccc2o1. The molecule has 1 heterocycles. The molecule has 0 atom stereocenters. The molecule has 190 valence electrons. The predicted molar refractivity (Wildman–Crippen MR) is 150 cm³/mol. The Labute approximate surface area is 221 Å². The molecule has 3 N–H and O–H groups in total. The van der Waals surface area contributed by atoms with E-state index in [-0.39, 0.29) is 34.7 Å². The number of ether oxygens (including phenoxy) is 1. The first kappa shape index (κ1) is 25.9. The van der Waals surface area contributed by atoms with E-state index in [4.69, 9.17) is 21.4 Å². The Morgan fingerprint density at radius 1 is 0.946 bits per heavy atom. The fourth-order valence-corrected chi connectivity index (χ4v) is 3.92. The van der Waals surface area contributed by atoms with Gasteiger partial charge in [0.15, 0.2) is 17.5 Å². The van der Waals surface area contributed by atoms with Crippen molar-refractivity contribution in [1.29, 1.82) is 0 Å². The largest absolute Gasteiger partial charge is 0.484 e. The third kappa shape index (κ3) is 6.74. The van der Waals surface area contributed by atoms with Crippen LogP contribution >= 0.6 is 12.2 Å². The van der Waals surface area contributed by atoms with Gasteiger partial charge in [-0.1, -0.05) is 51.1 Å². The van der Waals surface area contributed by atoms with Crippen LogP contribution in [0, 0.1) is 6.92 Å². The van der Waals surface area contributed by atoms with E-state index in [0.29, 0.717) is 22.7 Å². The molecule has 0 saturated heterocycles. The Kier molecular flexibility index (Phi) is 7.59. The second-order valence-electron chi connectivity index (χ2n) is 9.70. The molecule has 2 amide bonds. The average Bonchev–Trinajstić information content (AvgIpc) is 3.29. The van der Waals surface area contributed by atoms with Crippen molar-refractivity contribution in [3.05, 3.63) is 89.7 Å². The number of anilines is 2. The van der Waals surface area contributed by atoms with Crippen molar-refractivity contribution in [2.24, 2.45) is 0 Å². The Bertz CT molecular complexity index is 1420. The summed E-state index contributed by atoms with van der Waals surface area (Å²) in [6, 6.07) is 22.2. The first-order valence-corrected chi connectivity index (χ1v) is 12.2. The normalized spacial score (nSPS) is 11.1. The molecule has 37 heavy (non-hydrogen) atoms. The summed E-state index contributed by atoms with van der Waals surface area (Å²) in [4.78, 5) is 24.9. The number of amides is 2. The summed E-state index contributed by atoms with van der Waals surface area (Å²) in [5.74, 6) is 0.136. The topological polar surface area (TPSA) is 92.6 Å². The van der Waals surface area contributed by atoms with Gasteiger partial charge in [0, 0.05) is 16.8 Å². The van der Waals surface area contributed by atoms with E-state index in [0.717, 1.165) is 10.9 Å². The maximum Gasteiger partial charge on any atom is 0.291 e. The molecule has 0 aliphatic carbocycles. The van der Waals surface area contributed by atoms with Crippen molar-refractivity contribution in [1.82, 2.24) is 5.32 Å². The number of furan rings is 1. The average molecular weight is 516 g/mol. The van der Waals surface area contributed by atoms with Gasteiger partial charge in [-0.3, -0.25) is 14.9 Å². The number of nitrogens with one attached hydrogen (secondary N) is 3. The van der Waals surface area contributed by atoms with Crippen LogP contribution in [0.4, 0.5) is 11.4 Å². The highest BCUT2D eigenvalue weighted by Crippen LogP contribution is 2.25. The molecule has 0 fully saturated rings. The standard InChI is InChI=1S/C29H29N3O4S/c1-18-15-21(11-14-23(18)31-27(34)25-16-19-7-5-6-8-24(19)36-25)30-28(37)32-26(33)17-35-22-12-9-20(10-13-22)29(2,3)4/h5-16H,17H2,1-4H3,(H,31,34)(H2,30,32,33,37). The van der Waals surface area contributed by atoms with Gasteiger partial charge in [0.05, 0.1) is 0 Å². The summed E-state index contributed by atoms with van der Waals surface area (Å²) in [6.07, 6.45) is 0. The summed E-state index contributed by atoms with van der Waals surface area (Å²) < 4.78 is 11.2. The molecule has 0 radical (unpaired) electrons. The monoisotopic (exact) mass is 515 g/mol. The van der Waals surface area contributed by atoms with Crippen LogP contribution in [-0.4, -0.2) is 23.5 Å². The highest BCUT2D eigenvalue weighted by Gasteiger charge is 2.15. The molecule has 0 aliphatic rings. The number of benzene rings is 3. The summed E-state index contributed by atoms with van der Waals surface area (Å²) >= 11 is 5.26. The third-order valence-electron chi connectivity index (χ3n) is 5.73. The van der Waals surface area contributed by atoms with E-state index in [9.17, 15) is 9.59 Å². The lowest BCUT2D eigenvalue weighted by Crippen LogP contribution is -2.37. The van der Waals surface area contributed by atoms with Crippen LogP contribution in [-0.2, 0) is 10.2 Å². The lowest BCUT2D eigenvalue weighted by Gasteiger charge is -2.19. The Hall–Kier alpha value is -4.17. The molecule has 4 aromatic rings. The second-order valence-corrected chi connectivity index (χ2v) is 10.1. The fourth-order valence-electron chi connectivity index (χ4n) is 3.68. The number of hydrogen-bond acceptors (Lipinski definition) is 5. The number of rotatable bonds is 6. The van der Waals surface area contributed by atoms with E-state index in [1.54, 1.807) is 18.2 Å². The van der Waals surface area contributed by atoms with Gasteiger partial charge in [-0.15, -0.1) is 0 Å². The number of hydrogen-bond donors (Lipinski definition) is 3. The third-order valence-corrected chi connectivity index (χ3v) is 5.93. The molecular weight excluding hydrogens is 486 g/mol. The van der Waals surface area contributed by atoms with Gasteiger partial charge < -0.3 is 19.8 Å². The van der Waals surface area contributed by atoms with Gasteiger partial charge in [0.2, 0.25) is 0 Å². The minimum Gasteiger partial charge on any atom is -0.484 e. The Morgan fingerprint density at radius 3 is 2.35 bits per heavy atom. The first-order valence-electron chi connectivity index (χ1n) is 11.8. The van der Waals surface area contributed by atoms with Gasteiger partial charge in [0.1, 0.15) is 11.3 Å². The highest BCUT2D eigenvalue weighted by molar-refractivity contribution is 7.80. The molecule has 1 aromatic heterocycles. The molecule has 0 saturated carbocycles. The maximum atomic E-state index is 12.6. The van der Waals surface area contributed by atoms with E-state index < -0.39 is 0 Å². The smallest absolute Gasteiger partial charge is 0.291 e. The van der Waals surface area contributed by atoms with E-state index >= 15 is 0 Å². The number of thiocarbonyl (C=S) groups is 1. The fraction of sp³-hybridized carbons (Fsp3) is 0.207. The van der Waals surface area contributed by atoms with Crippen LogP contribution in [0.2, 0.25) is 0 Å². The van der Waals surface area contributed by atoms with Crippen molar-refractivity contribution in [2.75, 3.05) is 17.2 Å². The van der Waals surface area contributed by atoms with Gasteiger partial charge in [-0.05, 0) is 78.1 Å². The van der Waals surface area contributed by atoms with Crippen molar-refractivity contribution in [2.45, 2.75) is 33.1 Å². The highest BCUT2D eigenvalue weighted by atomic mass is 32.1. The molecule has 3 aromatic carbocycles. The summed E-state index contributed by atoms with van der Waals surface area (Å²) in [7, 11) is 0. The molecule has 0 bridgehead atoms. The van der Waals surface area contributed by atoms with Crippen LogP contribution in [0.15, 0.2) is 77.2 Å². The predicted octanol–water partition coefficient (Wildman–Crippen LogP) is 6.18. The Balaban J connectivity index is 1.28. The van der Waals surface area contributed by atoms with Crippen LogP contribution < -0.4 is 20.7 Å². The van der Waals surface area contributed by atoms with Gasteiger partial charge in [-0.25, -0.2) is 0 Å². The van der Waals surface area contributed by atoms with Crippen LogP contribution in [0.3, 0.4) is 0 Å². The maximum absolute atomic E-state index is 12.6. The lowest BCUT2D eigenvalue weighted by molar-refractivity contribution is -0.121. The minimum absolute atomic E-state index is 0.0461. The van der Waals surface area contributed by atoms with Crippen molar-refractivity contribution in [3.63, 3.8) is 0 Å². The first-order chi connectivity index (χ1) is 17.6.